The molecule has 0 saturated carbocycles. The lowest BCUT2D eigenvalue weighted by atomic mass is 10.2. The van der Waals surface area contributed by atoms with E-state index in [-0.39, 0.29) is 10.6 Å². The molecule has 0 saturated heterocycles. The van der Waals surface area contributed by atoms with Gasteiger partial charge >= 0.3 is 6.36 Å². The molecule has 2 heterocycles. The van der Waals surface area contributed by atoms with Crippen LogP contribution in [0.5, 0.6) is 5.75 Å². The molecule has 4 aromatic rings. The summed E-state index contributed by atoms with van der Waals surface area (Å²) in [7, 11) is -3.36. The van der Waals surface area contributed by atoms with Crippen molar-refractivity contribution in [2.75, 3.05) is 6.26 Å². The zero-order valence-corrected chi connectivity index (χ0v) is 17.7. The maximum Gasteiger partial charge on any atom is 0.573 e. The van der Waals surface area contributed by atoms with E-state index in [1.165, 1.54) is 52.1 Å². The van der Waals surface area contributed by atoms with Gasteiger partial charge < -0.3 is 4.74 Å². The van der Waals surface area contributed by atoms with Gasteiger partial charge in [-0.05, 0) is 54.6 Å². The Bertz CT molecular complexity index is 1460. The molecule has 0 N–H and O–H groups in total. The van der Waals surface area contributed by atoms with Crippen LogP contribution in [0.1, 0.15) is 0 Å². The second-order valence-corrected chi connectivity index (χ2v) is 8.92. The van der Waals surface area contributed by atoms with Crippen LogP contribution in [0.2, 0.25) is 0 Å². The molecule has 0 aliphatic carbocycles. The first-order chi connectivity index (χ1) is 15.5. The predicted octanol–water partition coefficient (Wildman–Crippen LogP) is 3.39. The Balaban J connectivity index is 1.70. The first-order valence-electron chi connectivity index (χ1n) is 9.32. The van der Waals surface area contributed by atoms with Crippen molar-refractivity contribution in [3.05, 3.63) is 83.3 Å². The predicted molar refractivity (Wildman–Crippen MR) is 112 cm³/mol. The number of nitrogens with zero attached hydrogens (tertiary/aromatic N) is 4. The molecule has 2 aromatic heterocycles. The lowest BCUT2D eigenvalue weighted by Gasteiger charge is -2.11. The van der Waals surface area contributed by atoms with E-state index in [0.717, 1.165) is 18.4 Å². The van der Waals surface area contributed by atoms with E-state index in [9.17, 15) is 26.4 Å². The highest BCUT2D eigenvalue weighted by Gasteiger charge is 2.31. The van der Waals surface area contributed by atoms with Gasteiger partial charge in [-0.2, -0.15) is 10.2 Å². The smallest absolute Gasteiger partial charge is 0.406 e. The van der Waals surface area contributed by atoms with Crippen LogP contribution in [-0.2, 0) is 9.84 Å². The average molecular weight is 476 g/mol. The van der Waals surface area contributed by atoms with E-state index in [1.54, 1.807) is 18.2 Å². The molecule has 170 valence electrons. The van der Waals surface area contributed by atoms with Crippen LogP contribution >= 0.6 is 0 Å². The van der Waals surface area contributed by atoms with E-state index < -0.39 is 27.4 Å². The number of halogens is 3. The van der Waals surface area contributed by atoms with Gasteiger partial charge in [-0.25, -0.2) is 17.8 Å². The monoisotopic (exact) mass is 476 g/mol. The fraction of sp³-hybridized carbons (Fsp3) is 0.0952. The van der Waals surface area contributed by atoms with Gasteiger partial charge in [0.05, 0.1) is 28.2 Å². The number of aromatic nitrogens is 4. The number of hydrogen-bond acceptors (Lipinski definition) is 6. The standard InChI is InChI=1S/C21H15F3N4O4S/c1-33(30,31)17-8-4-14(5-9-17)27-13-11-19(29)20(26-27)18-10-12-25-28(18)15-2-6-16(7-3-15)32-21(22,23)24/h2-13H,1H3. The normalized spacial score (nSPS) is 12.0. The molecule has 0 atom stereocenters. The maximum absolute atomic E-state index is 12.5. The molecule has 0 spiro atoms. The summed E-state index contributed by atoms with van der Waals surface area (Å²) in [5.41, 5.74) is 0.851. The van der Waals surface area contributed by atoms with Gasteiger partial charge in [0.25, 0.3) is 0 Å². The van der Waals surface area contributed by atoms with Gasteiger partial charge in [-0.15, -0.1) is 13.2 Å². The minimum Gasteiger partial charge on any atom is -0.406 e. The molecule has 0 aliphatic heterocycles. The van der Waals surface area contributed by atoms with Crippen molar-refractivity contribution in [3.63, 3.8) is 0 Å². The van der Waals surface area contributed by atoms with Gasteiger partial charge in [-0.1, -0.05) is 0 Å². The van der Waals surface area contributed by atoms with E-state index in [4.69, 9.17) is 0 Å². The maximum atomic E-state index is 12.5. The Morgan fingerprint density at radius 2 is 1.55 bits per heavy atom. The highest BCUT2D eigenvalue weighted by atomic mass is 32.2. The van der Waals surface area contributed by atoms with Gasteiger partial charge in [0, 0.05) is 18.5 Å². The third-order valence-corrected chi connectivity index (χ3v) is 5.67. The number of hydrogen-bond donors (Lipinski definition) is 0. The lowest BCUT2D eigenvalue weighted by Crippen LogP contribution is -2.17. The molecule has 0 unspecified atom stereocenters. The zero-order valence-electron chi connectivity index (χ0n) is 16.9. The molecular formula is C21H15F3N4O4S. The molecule has 0 fully saturated rings. The number of sulfone groups is 1. The molecule has 33 heavy (non-hydrogen) atoms. The second-order valence-electron chi connectivity index (χ2n) is 6.91. The first kappa shape index (κ1) is 22.3. The van der Waals surface area contributed by atoms with Crippen molar-refractivity contribution < 1.29 is 26.3 Å². The Morgan fingerprint density at radius 3 is 2.15 bits per heavy atom. The molecule has 2 aromatic carbocycles. The topological polar surface area (TPSA) is 96.1 Å². The van der Waals surface area contributed by atoms with Crippen molar-refractivity contribution in [3.8, 4) is 28.5 Å². The molecule has 0 radical (unpaired) electrons. The molecule has 0 amide bonds. The van der Waals surface area contributed by atoms with Crippen LogP contribution in [0.4, 0.5) is 13.2 Å². The largest absolute Gasteiger partial charge is 0.573 e. The molecule has 4 rings (SSSR count). The van der Waals surface area contributed by atoms with Crippen LogP contribution in [-0.4, -0.2) is 40.6 Å². The first-order valence-corrected chi connectivity index (χ1v) is 11.2. The summed E-state index contributed by atoms with van der Waals surface area (Å²) in [6.07, 6.45) is -0.850. The Labute approximate surface area is 185 Å². The van der Waals surface area contributed by atoms with E-state index in [1.807, 2.05) is 0 Å². The van der Waals surface area contributed by atoms with Crippen molar-refractivity contribution in [1.82, 2.24) is 19.6 Å². The van der Waals surface area contributed by atoms with E-state index >= 15 is 0 Å². The summed E-state index contributed by atoms with van der Waals surface area (Å²) in [6, 6.07) is 13.8. The Morgan fingerprint density at radius 1 is 0.909 bits per heavy atom. The lowest BCUT2D eigenvalue weighted by molar-refractivity contribution is -0.274. The van der Waals surface area contributed by atoms with Gasteiger partial charge in [0.1, 0.15) is 5.75 Å². The fourth-order valence-electron chi connectivity index (χ4n) is 3.05. The van der Waals surface area contributed by atoms with E-state index in [2.05, 4.69) is 14.9 Å². The summed E-state index contributed by atoms with van der Waals surface area (Å²) in [5, 5.41) is 8.50. The minimum atomic E-state index is -4.81. The molecule has 8 nitrogen and oxygen atoms in total. The van der Waals surface area contributed by atoms with Crippen molar-refractivity contribution >= 4 is 9.84 Å². The van der Waals surface area contributed by atoms with Crippen LogP contribution in [0.25, 0.3) is 22.8 Å². The van der Waals surface area contributed by atoms with E-state index in [0.29, 0.717) is 17.1 Å². The quantitative estimate of drug-likeness (QED) is 0.438. The van der Waals surface area contributed by atoms with Crippen LogP contribution in [0.15, 0.2) is 82.7 Å². The molecule has 0 bridgehead atoms. The molecular weight excluding hydrogens is 461 g/mol. The number of ether oxygens (including phenoxy) is 1. The van der Waals surface area contributed by atoms with Gasteiger partial charge in [0.2, 0.25) is 5.43 Å². The summed E-state index contributed by atoms with van der Waals surface area (Å²) in [4.78, 5) is 12.7. The number of benzene rings is 2. The SMILES string of the molecule is CS(=O)(=O)c1ccc(-n2ccc(=O)c(-c3ccnn3-c3ccc(OC(F)(F)F)cc3)n2)cc1. The van der Waals surface area contributed by atoms with Gasteiger partial charge in [0.15, 0.2) is 15.5 Å². The molecule has 0 aliphatic rings. The van der Waals surface area contributed by atoms with Crippen molar-refractivity contribution in [2.24, 2.45) is 0 Å². The van der Waals surface area contributed by atoms with Crippen LogP contribution in [0, 0.1) is 0 Å². The Kier molecular flexibility index (Phi) is 5.54. The zero-order chi connectivity index (χ0) is 23.8. The number of alkyl halides is 3. The summed E-state index contributed by atoms with van der Waals surface area (Å²) in [5.74, 6) is -0.391. The summed E-state index contributed by atoms with van der Waals surface area (Å²) < 4.78 is 67.1. The van der Waals surface area contributed by atoms with Gasteiger partial charge in [-0.3, -0.25) is 4.79 Å². The third-order valence-electron chi connectivity index (χ3n) is 4.54. The minimum absolute atomic E-state index is 0.0396. The van der Waals surface area contributed by atoms with Crippen molar-refractivity contribution in [2.45, 2.75) is 11.3 Å². The average Bonchev–Trinajstić information content (AvgIpc) is 3.23. The van der Waals surface area contributed by atoms with Crippen LogP contribution in [0.3, 0.4) is 0 Å². The third kappa shape index (κ3) is 4.95. The molecule has 12 heteroatoms. The highest BCUT2D eigenvalue weighted by Crippen LogP contribution is 2.25. The number of rotatable bonds is 5. The van der Waals surface area contributed by atoms with Crippen LogP contribution < -0.4 is 10.2 Å². The highest BCUT2D eigenvalue weighted by molar-refractivity contribution is 7.90. The summed E-state index contributed by atoms with van der Waals surface area (Å²) in [6.45, 7) is 0. The van der Waals surface area contributed by atoms with Crippen molar-refractivity contribution in [1.29, 1.82) is 0 Å². The second kappa shape index (κ2) is 8.20. The fourth-order valence-corrected chi connectivity index (χ4v) is 3.68. The summed E-state index contributed by atoms with van der Waals surface area (Å²) >= 11 is 0. The Hall–Kier alpha value is -3.93.